The molecule has 0 aliphatic heterocycles. The van der Waals surface area contributed by atoms with E-state index >= 15 is 0 Å². The average molecular weight is 282 g/mol. The van der Waals surface area contributed by atoms with Gasteiger partial charge in [-0.2, -0.15) is 0 Å². The molecule has 0 radical (unpaired) electrons. The van der Waals surface area contributed by atoms with Gasteiger partial charge in [0.1, 0.15) is 5.56 Å². The molecule has 2 aromatic rings. The normalized spacial score (nSPS) is 10.6. The Hall–Kier alpha value is -2.28. The molecule has 0 saturated heterocycles. The number of nitrogens with zero attached hydrogens (tertiary/aromatic N) is 1. The minimum atomic E-state index is -1.02. The van der Waals surface area contributed by atoms with E-state index < -0.39 is 17.5 Å². The first-order chi connectivity index (χ1) is 9.63. The first kappa shape index (κ1) is 14.1. The monoisotopic (exact) mass is 282 g/mol. The van der Waals surface area contributed by atoms with Gasteiger partial charge in [-0.25, -0.2) is 8.78 Å². The molecule has 1 aromatic carbocycles. The summed E-state index contributed by atoms with van der Waals surface area (Å²) in [4.78, 5) is 11.9. The van der Waals surface area contributed by atoms with Crippen molar-refractivity contribution in [2.75, 3.05) is 20.3 Å². The van der Waals surface area contributed by atoms with Crippen molar-refractivity contribution >= 4 is 5.91 Å². The van der Waals surface area contributed by atoms with Crippen LogP contribution in [0.5, 0.6) is 0 Å². The Morgan fingerprint density at radius 1 is 1.40 bits per heavy atom. The lowest BCUT2D eigenvalue weighted by Crippen LogP contribution is -2.26. The van der Waals surface area contributed by atoms with E-state index in [0.29, 0.717) is 13.2 Å². The summed E-state index contributed by atoms with van der Waals surface area (Å²) in [6, 6.07) is 3.21. The van der Waals surface area contributed by atoms with Crippen LogP contribution in [0.25, 0.3) is 11.3 Å². The van der Waals surface area contributed by atoms with Crippen molar-refractivity contribution < 1.29 is 22.8 Å². The second-order valence-corrected chi connectivity index (χ2v) is 3.95. The van der Waals surface area contributed by atoms with Crippen LogP contribution in [0, 0.1) is 11.6 Å². The summed E-state index contributed by atoms with van der Waals surface area (Å²) in [5, 5.41) is 6.11. The van der Waals surface area contributed by atoms with Crippen LogP contribution in [0.1, 0.15) is 10.4 Å². The van der Waals surface area contributed by atoms with Crippen molar-refractivity contribution in [2.24, 2.45) is 0 Å². The summed E-state index contributed by atoms with van der Waals surface area (Å²) in [6.45, 7) is 0.676. The van der Waals surface area contributed by atoms with Gasteiger partial charge in [0, 0.05) is 19.2 Å². The summed E-state index contributed by atoms with van der Waals surface area (Å²) >= 11 is 0. The molecule has 106 valence electrons. The molecule has 0 spiro atoms. The molecule has 1 N–H and O–H groups in total. The molecule has 1 amide bonds. The van der Waals surface area contributed by atoms with Crippen LogP contribution in [0.2, 0.25) is 0 Å². The predicted molar refractivity (Wildman–Crippen MR) is 66.1 cm³/mol. The van der Waals surface area contributed by atoms with Crippen molar-refractivity contribution in [3.05, 3.63) is 41.6 Å². The fraction of sp³-hybridized carbons (Fsp3) is 0.231. The fourth-order valence-corrected chi connectivity index (χ4v) is 1.61. The Bertz CT molecular complexity index is 613. The van der Waals surface area contributed by atoms with E-state index in [1.165, 1.54) is 19.4 Å². The highest BCUT2D eigenvalue weighted by Gasteiger charge is 2.18. The van der Waals surface area contributed by atoms with E-state index in [1.807, 2.05) is 0 Å². The lowest BCUT2D eigenvalue weighted by Gasteiger charge is -2.04. The van der Waals surface area contributed by atoms with Crippen molar-refractivity contribution in [3.63, 3.8) is 0 Å². The number of rotatable bonds is 5. The van der Waals surface area contributed by atoms with E-state index in [0.717, 1.165) is 12.1 Å². The number of halogens is 2. The molecule has 1 heterocycles. The summed E-state index contributed by atoms with van der Waals surface area (Å²) in [7, 11) is 1.51. The molecule has 0 saturated carbocycles. The number of aromatic nitrogens is 1. The van der Waals surface area contributed by atoms with Gasteiger partial charge in [-0.3, -0.25) is 4.79 Å². The maximum atomic E-state index is 13.2. The highest BCUT2D eigenvalue weighted by Crippen LogP contribution is 2.25. The van der Waals surface area contributed by atoms with Crippen molar-refractivity contribution in [1.82, 2.24) is 10.5 Å². The molecule has 0 atom stereocenters. The van der Waals surface area contributed by atoms with Gasteiger partial charge < -0.3 is 14.6 Å². The zero-order valence-corrected chi connectivity index (χ0v) is 10.7. The lowest BCUT2D eigenvalue weighted by atomic mass is 10.1. The number of benzene rings is 1. The topological polar surface area (TPSA) is 64.4 Å². The predicted octanol–water partition coefficient (Wildman–Crippen LogP) is 2.00. The number of methoxy groups -OCH3 is 1. The number of amides is 1. The summed E-state index contributed by atoms with van der Waals surface area (Å²) in [5.74, 6) is -2.34. The average Bonchev–Trinajstić information content (AvgIpc) is 2.91. The molecule has 7 heteroatoms. The Balaban J connectivity index is 2.23. The lowest BCUT2D eigenvalue weighted by molar-refractivity contribution is 0.0937. The largest absolute Gasteiger partial charge is 0.383 e. The molecule has 0 fully saturated rings. The van der Waals surface area contributed by atoms with Gasteiger partial charge in [-0.05, 0) is 18.2 Å². The van der Waals surface area contributed by atoms with E-state index in [4.69, 9.17) is 9.26 Å². The third kappa shape index (κ3) is 3.00. The SMILES string of the molecule is COCCNC(=O)c1cnoc1-c1ccc(F)c(F)c1. The number of hydrogen-bond donors (Lipinski definition) is 1. The van der Waals surface area contributed by atoms with E-state index in [-0.39, 0.29) is 16.9 Å². The molecule has 0 aliphatic rings. The molecule has 0 aliphatic carbocycles. The third-order valence-electron chi connectivity index (χ3n) is 2.59. The van der Waals surface area contributed by atoms with E-state index in [1.54, 1.807) is 0 Å². The zero-order valence-electron chi connectivity index (χ0n) is 10.7. The van der Waals surface area contributed by atoms with Crippen molar-refractivity contribution in [2.45, 2.75) is 0 Å². The molecular weight excluding hydrogens is 270 g/mol. The van der Waals surface area contributed by atoms with Gasteiger partial charge >= 0.3 is 0 Å². The van der Waals surface area contributed by atoms with Crippen LogP contribution in [-0.2, 0) is 4.74 Å². The standard InChI is InChI=1S/C13H12F2N2O3/c1-19-5-4-16-13(18)9-7-17-20-12(9)8-2-3-10(14)11(15)6-8/h2-3,6-7H,4-5H2,1H3,(H,16,18). The van der Waals surface area contributed by atoms with Gasteiger partial charge in [0.2, 0.25) is 0 Å². The minimum Gasteiger partial charge on any atom is -0.383 e. The van der Waals surface area contributed by atoms with Crippen molar-refractivity contribution in [3.8, 4) is 11.3 Å². The maximum absolute atomic E-state index is 13.2. The summed E-state index contributed by atoms with van der Waals surface area (Å²) in [5.41, 5.74) is 0.380. The fourth-order valence-electron chi connectivity index (χ4n) is 1.61. The smallest absolute Gasteiger partial charge is 0.256 e. The van der Waals surface area contributed by atoms with Gasteiger partial charge in [-0.15, -0.1) is 0 Å². The second-order valence-electron chi connectivity index (χ2n) is 3.95. The van der Waals surface area contributed by atoms with Crippen LogP contribution in [0.4, 0.5) is 8.78 Å². The quantitative estimate of drug-likeness (QED) is 0.852. The second kappa shape index (κ2) is 6.25. The van der Waals surface area contributed by atoms with Gasteiger partial charge in [0.25, 0.3) is 5.91 Å². The highest BCUT2D eigenvalue weighted by molar-refractivity contribution is 5.99. The minimum absolute atomic E-state index is 0.0822. The van der Waals surface area contributed by atoms with Crippen LogP contribution >= 0.6 is 0 Å². The molecule has 0 unspecified atom stereocenters. The maximum Gasteiger partial charge on any atom is 0.256 e. The first-order valence-corrected chi connectivity index (χ1v) is 5.80. The zero-order chi connectivity index (χ0) is 14.5. The first-order valence-electron chi connectivity index (χ1n) is 5.80. The molecule has 0 bridgehead atoms. The molecule has 1 aromatic heterocycles. The van der Waals surface area contributed by atoms with Gasteiger partial charge in [0.15, 0.2) is 17.4 Å². The Kier molecular flexibility index (Phi) is 4.41. The Morgan fingerprint density at radius 3 is 2.90 bits per heavy atom. The number of carbonyl (C=O) groups is 1. The third-order valence-corrected chi connectivity index (χ3v) is 2.59. The van der Waals surface area contributed by atoms with Gasteiger partial charge in [0.05, 0.1) is 12.8 Å². The summed E-state index contributed by atoms with van der Waals surface area (Å²) in [6.07, 6.45) is 1.22. The Morgan fingerprint density at radius 2 is 2.20 bits per heavy atom. The molecule has 5 nitrogen and oxygen atoms in total. The number of nitrogens with one attached hydrogen (secondary N) is 1. The number of ether oxygens (including phenoxy) is 1. The highest BCUT2D eigenvalue weighted by atomic mass is 19.2. The summed E-state index contributed by atoms with van der Waals surface area (Å²) < 4.78 is 35.8. The van der Waals surface area contributed by atoms with E-state index in [2.05, 4.69) is 10.5 Å². The van der Waals surface area contributed by atoms with Crippen LogP contribution in [0.3, 0.4) is 0 Å². The number of hydrogen-bond acceptors (Lipinski definition) is 4. The Labute approximate surface area is 113 Å². The molecule has 20 heavy (non-hydrogen) atoms. The van der Waals surface area contributed by atoms with E-state index in [9.17, 15) is 13.6 Å². The van der Waals surface area contributed by atoms with Crippen molar-refractivity contribution in [1.29, 1.82) is 0 Å². The van der Waals surface area contributed by atoms with Gasteiger partial charge in [-0.1, -0.05) is 5.16 Å². The van der Waals surface area contributed by atoms with Crippen LogP contribution in [0.15, 0.2) is 28.9 Å². The molecular formula is C13H12F2N2O3. The van der Waals surface area contributed by atoms with Crippen LogP contribution < -0.4 is 5.32 Å². The molecule has 2 rings (SSSR count). The van der Waals surface area contributed by atoms with Crippen LogP contribution in [-0.4, -0.2) is 31.3 Å². The number of carbonyl (C=O) groups excluding carboxylic acids is 1.